The highest BCUT2D eigenvalue weighted by atomic mass is 16.5. The van der Waals surface area contributed by atoms with Crippen LogP contribution >= 0.6 is 0 Å². The first-order valence-corrected chi connectivity index (χ1v) is 8.52. The molecular weight excluding hydrogens is 328 g/mol. The van der Waals surface area contributed by atoms with Crippen LogP contribution in [0, 0.1) is 5.92 Å². The first kappa shape index (κ1) is 16.4. The van der Waals surface area contributed by atoms with E-state index in [2.05, 4.69) is 4.98 Å². The van der Waals surface area contributed by atoms with Gasteiger partial charge >= 0.3 is 0 Å². The molecule has 1 aromatic carbocycles. The Morgan fingerprint density at radius 1 is 1.08 bits per heavy atom. The minimum absolute atomic E-state index is 0.0447. The van der Waals surface area contributed by atoms with E-state index in [4.69, 9.17) is 4.74 Å². The average molecular weight is 346 g/mol. The number of nitrogens with zero attached hydrogens (tertiary/aromatic N) is 2. The lowest BCUT2D eigenvalue weighted by atomic mass is 9.93. The third-order valence-corrected chi connectivity index (χ3v) is 4.64. The minimum atomic E-state index is -1.08. The first-order chi connectivity index (χ1) is 12.7. The number of rotatable bonds is 3. The second kappa shape index (κ2) is 6.69. The number of hydrogen-bond donors (Lipinski definition) is 0. The van der Waals surface area contributed by atoms with Crippen molar-refractivity contribution >= 4 is 17.4 Å². The van der Waals surface area contributed by atoms with Gasteiger partial charge in [-0.05, 0) is 48.4 Å². The van der Waals surface area contributed by atoms with Crippen molar-refractivity contribution in [2.45, 2.75) is 12.1 Å². The minimum Gasteiger partial charge on any atom is -0.347 e. The Kier molecular flexibility index (Phi) is 4.22. The van der Waals surface area contributed by atoms with Gasteiger partial charge in [0.15, 0.2) is 11.5 Å². The van der Waals surface area contributed by atoms with Crippen molar-refractivity contribution in [1.29, 1.82) is 0 Å². The number of amides is 1. The number of ketones is 1. The predicted octanol–water partition coefficient (Wildman–Crippen LogP) is 2.70. The lowest BCUT2D eigenvalue weighted by molar-refractivity contribution is -0.138. The summed E-state index contributed by atoms with van der Waals surface area (Å²) in [4.78, 5) is 30.7. The lowest BCUT2D eigenvalue weighted by Crippen LogP contribution is -2.60. The maximum atomic E-state index is 13.4. The Hall–Kier alpha value is -3.05. The fraction of sp³-hybridized carbons (Fsp3) is 0.190. The van der Waals surface area contributed by atoms with E-state index >= 15 is 0 Å². The molecule has 1 unspecified atom stereocenters. The van der Waals surface area contributed by atoms with Crippen molar-refractivity contribution in [3.63, 3.8) is 0 Å². The lowest BCUT2D eigenvalue weighted by Gasteiger charge is -2.46. The molecule has 1 atom stereocenters. The molecule has 0 N–H and O–H groups in total. The number of anilines is 1. The van der Waals surface area contributed by atoms with Crippen LogP contribution in [0.15, 0.2) is 79.2 Å². The Balaban J connectivity index is 1.70. The summed E-state index contributed by atoms with van der Waals surface area (Å²) in [7, 11) is 0. The normalized spacial score (nSPS) is 21.4. The van der Waals surface area contributed by atoms with Crippen LogP contribution in [0.2, 0.25) is 0 Å². The van der Waals surface area contributed by atoms with E-state index in [9.17, 15) is 9.59 Å². The molecule has 4 rings (SSSR count). The van der Waals surface area contributed by atoms with E-state index in [1.54, 1.807) is 35.5 Å². The molecule has 2 aromatic rings. The molecule has 0 bridgehead atoms. The van der Waals surface area contributed by atoms with Crippen LogP contribution in [0.4, 0.5) is 5.69 Å². The van der Waals surface area contributed by atoms with Crippen LogP contribution in [0.25, 0.3) is 0 Å². The molecule has 1 aliphatic heterocycles. The number of hydrogen-bond acceptors (Lipinski definition) is 4. The highest BCUT2D eigenvalue weighted by Crippen LogP contribution is 2.36. The van der Waals surface area contributed by atoms with Gasteiger partial charge in [0.2, 0.25) is 5.91 Å². The maximum Gasteiger partial charge on any atom is 0.235 e. The number of ether oxygens (including phenoxy) is 1. The number of benzene rings is 1. The van der Waals surface area contributed by atoms with E-state index in [0.29, 0.717) is 12.1 Å². The van der Waals surface area contributed by atoms with E-state index in [0.717, 1.165) is 5.56 Å². The van der Waals surface area contributed by atoms with Gasteiger partial charge in [-0.2, -0.15) is 0 Å². The summed E-state index contributed by atoms with van der Waals surface area (Å²) in [5.74, 6) is -0.469. The quantitative estimate of drug-likeness (QED) is 0.857. The van der Waals surface area contributed by atoms with Gasteiger partial charge < -0.3 is 4.74 Å². The molecule has 1 fully saturated rings. The summed E-state index contributed by atoms with van der Waals surface area (Å²) >= 11 is 0. The molecule has 0 saturated carbocycles. The third-order valence-electron chi connectivity index (χ3n) is 4.64. The topological polar surface area (TPSA) is 59.5 Å². The molecule has 2 heterocycles. The van der Waals surface area contributed by atoms with Crippen molar-refractivity contribution < 1.29 is 14.3 Å². The Bertz CT molecular complexity index is 859. The van der Waals surface area contributed by atoms with Crippen LogP contribution in [0.1, 0.15) is 5.56 Å². The fourth-order valence-corrected chi connectivity index (χ4v) is 3.34. The summed E-state index contributed by atoms with van der Waals surface area (Å²) in [5, 5.41) is 0. The van der Waals surface area contributed by atoms with Crippen molar-refractivity contribution in [3.05, 3.63) is 84.7 Å². The van der Waals surface area contributed by atoms with Crippen LogP contribution in [-0.4, -0.2) is 29.0 Å². The van der Waals surface area contributed by atoms with Gasteiger partial charge in [-0.3, -0.25) is 19.5 Å². The van der Waals surface area contributed by atoms with Gasteiger partial charge in [0.05, 0.1) is 24.4 Å². The number of carbonyl (C=O) groups is 2. The average Bonchev–Trinajstić information content (AvgIpc) is 2.68. The maximum absolute atomic E-state index is 13.4. The monoisotopic (exact) mass is 346 g/mol. The number of allylic oxidation sites excluding steroid dienone is 2. The van der Waals surface area contributed by atoms with E-state index in [-0.39, 0.29) is 24.2 Å². The predicted molar refractivity (Wildman–Crippen MR) is 97.3 cm³/mol. The van der Waals surface area contributed by atoms with Crippen molar-refractivity contribution in [2.75, 3.05) is 11.5 Å². The second-order valence-corrected chi connectivity index (χ2v) is 6.40. The van der Waals surface area contributed by atoms with Crippen molar-refractivity contribution in [2.24, 2.45) is 5.92 Å². The molecular formula is C21H18N2O3. The van der Waals surface area contributed by atoms with Crippen LogP contribution in [0.5, 0.6) is 0 Å². The summed E-state index contributed by atoms with van der Waals surface area (Å²) in [5.41, 5.74) is 0.640. The van der Waals surface area contributed by atoms with Gasteiger partial charge in [0.1, 0.15) is 0 Å². The van der Waals surface area contributed by atoms with Gasteiger partial charge in [-0.25, -0.2) is 0 Å². The zero-order valence-electron chi connectivity index (χ0n) is 14.1. The first-order valence-electron chi connectivity index (χ1n) is 8.52. The van der Waals surface area contributed by atoms with E-state index in [1.807, 2.05) is 36.4 Å². The van der Waals surface area contributed by atoms with Crippen molar-refractivity contribution in [1.82, 2.24) is 4.98 Å². The molecule has 1 spiro atoms. The van der Waals surface area contributed by atoms with Crippen LogP contribution in [0.3, 0.4) is 0 Å². The molecule has 5 nitrogen and oxygen atoms in total. The summed E-state index contributed by atoms with van der Waals surface area (Å²) in [6.45, 7) is 0.285. The largest absolute Gasteiger partial charge is 0.347 e. The second-order valence-electron chi connectivity index (χ2n) is 6.40. The molecule has 1 amide bonds. The molecule has 5 heteroatoms. The molecule has 0 radical (unpaired) electrons. The van der Waals surface area contributed by atoms with Gasteiger partial charge in [-0.1, -0.05) is 30.3 Å². The third kappa shape index (κ3) is 2.97. The number of carbonyl (C=O) groups excluding carboxylic acids is 2. The van der Waals surface area contributed by atoms with Crippen molar-refractivity contribution in [3.8, 4) is 0 Å². The molecule has 26 heavy (non-hydrogen) atoms. The SMILES string of the molecule is O=C1C=CC2(C=C1)OCC(Cc1ccccc1)C(=O)N2c1cccnc1. The van der Waals surface area contributed by atoms with Gasteiger partial charge in [0, 0.05) is 6.20 Å². The summed E-state index contributed by atoms with van der Waals surface area (Å²) in [6.07, 6.45) is 10.0. The zero-order chi connectivity index (χ0) is 18.0. The Morgan fingerprint density at radius 2 is 1.85 bits per heavy atom. The molecule has 1 aromatic heterocycles. The van der Waals surface area contributed by atoms with Gasteiger partial charge in [-0.15, -0.1) is 0 Å². The molecule has 1 aliphatic carbocycles. The molecule has 2 aliphatic rings. The Morgan fingerprint density at radius 3 is 2.54 bits per heavy atom. The zero-order valence-corrected chi connectivity index (χ0v) is 14.1. The van der Waals surface area contributed by atoms with E-state index in [1.165, 1.54) is 12.2 Å². The number of aromatic nitrogens is 1. The fourth-order valence-electron chi connectivity index (χ4n) is 3.34. The number of pyridine rings is 1. The smallest absolute Gasteiger partial charge is 0.235 e. The van der Waals surface area contributed by atoms with Crippen LogP contribution < -0.4 is 4.90 Å². The highest BCUT2D eigenvalue weighted by Gasteiger charge is 2.46. The summed E-state index contributed by atoms with van der Waals surface area (Å²) < 4.78 is 6.13. The standard InChI is InChI=1S/C21H18N2O3/c24-19-8-10-21(11-9-19)23(18-7-4-12-22-14-18)20(25)17(15-26-21)13-16-5-2-1-3-6-16/h1-12,14,17H,13,15H2. The van der Waals surface area contributed by atoms with Crippen LogP contribution in [-0.2, 0) is 20.7 Å². The molecule has 130 valence electrons. The van der Waals surface area contributed by atoms with Gasteiger partial charge in [0.25, 0.3) is 0 Å². The van der Waals surface area contributed by atoms with E-state index < -0.39 is 5.72 Å². The highest BCUT2D eigenvalue weighted by molar-refractivity contribution is 6.03. The molecule has 1 saturated heterocycles. The summed E-state index contributed by atoms with van der Waals surface area (Å²) in [6, 6.07) is 13.5. The Labute approximate surface area is 151 Å².